The van der Waals surface area contributed by atoms with Gasteiger partial charge < -0.3 is 14.8 Å². The van der Waals surface area contributed by atoms with E-state index in [1.807, 2.05) is 0 Å². The van der Waals surface area contributed by atoms with Gasteiger partial charge in [-0.1, -0.05) is 11.8 Å². The van der Waals surface area contributed by atoms with Crippen LogP contribution in [0, 0.1) is 11.8 Å². The van der Waals surface area contributed by atoms with Gasteiger partial charge in [-0.05, 0) is 36.4 Å². The summed E-state index contributed by atoms with van der Waals surface area (Å²) < 4.78 is 4.98. The Labute approximate surface area is 104 Å². The van der Waals surface area contributed by atoms with Crippen molar-refractivity contribution in [2.75, 3.05) is 11.9 Å². The van der Waals surface area contributed by atoms with Crippen LogP contribution in [0.3, 0.4) is 0 Å². The summed E-state index contributed by atoms with van der Waals surface area (Å²) in [6.45, 7) is -0.170. The fraction of sp³-hybridized carbons (Fsp3) is 0.0714. The first-order chi connectivity index (χ1) is 8.79. The molecule has 0 bridgehead atoms. The van der Waals surface area contributed by atoms with Crippen molar-refractivity contribution in [1.82, 2.24) is 0 Å². The van der Waals surface area contributed by atoms with Gasteiger partial charge in [-0.15, -0.1) is 0 Å². The van der Waals surface area contributed by atoms with Crippen molar-refractivity contribution in [3.8, 4) is 11.8 Å². The largest absolute Gasteiger partial charge is 0.459 e. The third kappa shape index (κ3) is 3.00. The first kappa shape index (κ1) is 12.0. The SMILES string of the molecule is O=C(Nc1ccc(C#CCO)cc1)c1ccco1. The molecule has 1 aromatic carbocycles. The van der Waals surface area contributed by atoms with Crippen LogP contribution < -0.4 is 5.32 Å². The summed E-state index contributed by atoms with van der Waals surface area (Å²) in [6.07, 6.45) is 1.45. The molecule has 0 radical (unpaired) electrons. The Morgan fingerprint density at radius 3 is 2.67 bits per heavy atom. The van der Waals surface area contributed by atoms with Crippen LogP contribution in [0.15, 0.2) is 47.1 Å². The van der Waals surface area contributed by atoms with E-state index in [1.165, 1.54) is 6.26 Å². The second-order valence-corrected chi connectivity index (χ2v) is 3.47. The molecule has 4 heteroatoms. The number of hydrogen-bond donors (Lipinski definition) is 2. The number of anilines is 1. The molecular formula is C14H11NO3. The third-order valence-electron chi connectivity index (χ3n) is 2.20. The molecule has 0 saturated heterocycles. The molecule has 90 valence electrons. The van der Waals surface area contributed by atoms with Gasteiger partial charge in [-0.2, -0.15) is 0 Å². The van der Waals surface area contributed by atoms with Crippen LogP contribution in [-0.4, -0.2) is 17.6 Å². The average Bonchev–Trinajstić information content (AvgIpc) is 2.92. The molecule has 0 aliphatic rings. The van der Waals surface area contributed by atoms with Crippen LogP contribution in [-0.2, 0) is 0 Å². The van der Waals surface area contributed by atoms with Crippen LogP contribution >= 0.6 is 0 Å². The Hall–Kier alpha value is -2.51. The van der Waals surface area contributed by atoms with Crippen LogP contribution in [0.2, 0.25) is 0 Å². The fourth-order valence-electron chi connectivity index (χ4n) is 1.38. The van der Waals surface area contributed by atoms with E-state index in [9.17, 15) is 4.79 Å². The van der Waals surface area contributed by atoms with Gasteiger partial charge in [0.05, 0.1) is 6.26 Å². The molecule has 0 atom stereocenters. The fourth-order valence-corrected chi connectivity index (χ4v) is 1.38. The van der Waals surface area contributed by atoms with E-state index in [0.29, 0.717) is 5.69 Å². The number of aliphatic hydroxyl groups is 1. The first-order valence-corrected chi connectivity index (χ1v) is 5.34. The minimum Gasteiger partial charge on any atom is -0.459 e. The number of carbonyl (C=O) groups is 1. The van der Waals surface area contributed by atoms with E-state index < -0.39 is 0 Å². The van der Waals surface area contributed by atoms with Crippen molar-refractivity contribution < 1.29 is 14.3 Å². The van der Waals surface area contributed by atoms with Crippen molar-refractivity contribution in [2.45, 2.75) is 0 Å². The molecule has 2 rings (SSSR count). The summed E-state index contributed by atoms with van der Waals surface area (Å²) in [5.74, 6) is 5.29. The van der Waals surface area contributed by atoms with Crippen LogP contribution in [0.1, 0.15) is 16.1 Å². The number of amides is 1. The van der Waals surface area contributed by atoms with Gasteiger partial charge in [0.2, 0.25) is 0 Å². The maximum Gasteiger partial charge on any atom is 0.291 e. The lowest BCUT2D eigenvalue weighted by Gasteiger charge is -2.02. The number of furan rings is 1. The highest BCUT2D eigenvalue weighted by molar-refractivity contribution is 6.02. The number of carbonyl (C=O) groups excluding carboxylic acids is 1. The Bertz CT molecular complexity index is 574. The van der Waals surface area contributed by atoms with Crippen molar-refractivity contribution in [2.24, 2.45) is 0 Å². The number of hydrogen-bond acceptors (Lipinski definition) is 3. The van der Waals surface area contributed by atoms with Gasteiger partial charge in [0.25, 0.3) is 5.91 Å². The predicted molar refractivity (Wildman–Crippen MR) is 67.1 cm³/mol. The van der Waals surface area contributed by atoms with Gasteiger partial charge in [-0.25, -0.2) is 0 Å². The van der Waals surface area contributed by atoms with Gasteiger partial charge >= 0.3 is 0 Å². The maximum absolute atomic E-state index is 11.7. The van der Waals surface area contributed by atoms with Crippen molar-refractivity contribution >= 4 is 11.6 Å². The first-order valence-electron chi connectivity index (χ1n) is 5.34. The molecule has 0 spiro atoms. The standard InChI is InChI=1S/C14H11NO3/c16-9-1-3-11-5-7-12(8-6-11)15-14(17)13-4-2-10-18-13/h2,4-8,10,16H,9H2,(H,15,17). The van der Waals surface area contributed by atoms with E-state index in [-0.39, 0.29) is 18.3 Å². The zero-order valence-corrected chi connectivity index (χ0v) is 9.51. The molecule has 0 unspecified atom stereocenters. The van der Waals surface area contributed by atoms with Crippen LogP contribution in [0.4, 0.5) is 5.69 Å². The molecule has 1 aromatic heterocycles. The van der Waals surface area contributed by atoms with E-state index in [0.717, 1.165) is 5.56 Å². The van der Waals surface area contributed by atoms with Crippen LogP contribution in [0.5, 0.6) is 0 Å². The summed E-state index contributed by atoms with van der Waals surface area (Å²) in [5.41, 5.74) is 1.44. The van der Waals surface area contributed by atoms with Gasteiger partial charge in [0.15, 0.2) is 5.76 Å². The lowest BCUT2D eigenvalue weighted by molar-refractivity contribution is 0.0996. The minimum atomic E-state index is -0.297. The van der Waals surface area contributed by atoms with Gasteiger partial charge in [0.1, 0.15) is 6.61 Å². The molecule has 1 heterocycles. The monoisotopic (exact) mass is 241 g/mol. The van der Waals surface area contributed by atoms with Crippen molar-refractivity contribution in [3.63, 3.8) is 0 Å². The van der Waals surface area contributed by atoms with E-state index in [2.05, 4.69) is 17.2 Å². The molecule has 0 saturated carbocycles. The topological polar surface area (TPSA) is 62.5 Å². The van der Waals surface area contributed by atoms with E-state index in [1.54, 1.807) is 36.4 Å². The molecule has 18 heavy (non-hydrogen) atoms. The normalized spacial score (nSPS) is 9.39. The number of aliphatic hydroxyl groups excluding tert-OH is 1. The number of rotatable bonds is 2. The number of benzene rings is 1. The highest BCUT2D eigenvalue weighted by Crippen LogP contribution is 2.11. The zero-order chi connectivity index (χ0) is 12.8. The second kappa shape index (κ2) is 5.71. The molecule has 2 aromatic rings. The minimum absolute atomic E-state index is 0.170. The highest BCUT2D eigenvalue weighted by atomic mass is 16.3. The maximum atomic E-state index is 11.7. The van der Waals surface area contributed by atoms with Crippen LogP contribution in [0.25, 0.3) is 0 Å². The highest BCUT2D eigenvalue weighted by Gasteiger charge is 2.07. The average molecular weight is 241 g/mol. The molecule has 2 N–H and O–H groups in total. The lowest BCUT2D eigenvalue weighted by atomic mass is 10.2. The van der Waals surface area contributed by atoms with Gasteiger partial charge in [-0.3, -0.25) is 4.79 Å². The van der Waals surface area contributed by atoms with Crippen molar-refractivity contribution in [3.05, 3.63) is 54.0 Å². The summed E-state index contributed by atoms with van der Waals surface area (Å²) in [6, 6.07) is 10.3. The molecule has 0 fully saturated rings. The quantitative estimate of drug-likeness (QED) is 0.789. The Kier molecular flexibility index (Phi) is 3.79. The number of nitrogens with one attached hydrogen (secondary N) is 1. The molecule has 0 aliphatic carbocycles. The zero-order valence-electron chi connectivity index (χ0n) is 9.51. The summed E-state index contributed by atoms with van der Waals surface area (Å²) in [7, 11) is 0. The van der Waals surface area contributed by atoms with E-state index in [4.69, 9.17) is 9.52 Å². The molecule has 1 amide bonds. The molecular weight excluding hydrogens is 230 g/mol. The summed E-state index contributed by atoms with van der Waals surface area (Å²) in [4.78, 5) is 11.7. The van der Waals surface area contributed by atoms with E-state index >= 15 is 0 Å². The Morgan fingerprint density at radius 1 is 1.28 bits per heavy atom. The van der Waals surface area contributed by atoms with Crippen molar-refractivity contribution in [1.29, 1.82) is 0 Å². The third-order valence-corrected chi connectivity index (χ3v) is 2.20. The summed E-state index contributed by atoms with van der Waals surface area (Å²) in [5, 5.41) is 11.3. The smallest absolute Gasteiger partial charge is 0.291 e. The molecule has 0 aliphatic heterocycles. The Balaban J connectivity index is 2.04. The summed E-state index contributed by atoms with van der Waals surface area (Å²) >= 11 is 0. The predicted octanol–water partition coefficient (Wildman–Crippen LogP) is 1.88. The molecule has 4 nitrogen and oxygen atoms in total. The second-order valence-electron chi connectivity index (χ2n) is 3.47. The Morgan fingerprint density at radius 2 is 2.06 bits per heavy atom. The lowest BCUT2D eigenvalue weighted by Crippen LogP contribution is -2.10. The van der Waals surface area contributed by atoms with Gasteiger partial charge in [0, 0.05) is 11.3 Å².